The molecule has 8 heteroatoms. The van der Waals surface area contributed by atoms with Crippen LogP contribution in [-0.2, 0) is 6.54 Å². The molecule has 3 rings (SSSR count). The summed E-state index contributed by atoms with van der Waals surface area (Å²) in [7, 11) is 0. The number of nitrogens with one attached hydrogen (secondary N) is 2. The smallest absolute Gasteiger partial charge is 0.321 e. The molecule has 1 heterocycles. The van der Waals surface area contributed by atoms with Crippen molar-refractivity contribution in [3.05, 3.63) is 71.7 Å². The number of nitrogens with zero attached hydrogens (tertiary/aromatic N) is 1. The second-order valence-electron chi connectivity index (χ2n) is 5.32. The first-order valence-corrected chi connectivity index (χ1v) is 9.02. The van der Waals surface area contributed by atoms with Crippen molar-refractivity contribution in [2.45, 2.75) is 13.5 Å². The first-order valence-electron chi connectivity index (χ1n) is 7.44. The van der Waals surface area contributed by atoms with Gasteiger partial charge in [-0.25, -0.2) is 4.79 Å². The Kier molecular flexibility index (Phi) is 4.91. The molecule has 0 aliphatic rings. The summed E-state index contributed by atoms with van der Waals surface area (Å²) in [6.07, 6.45) is 0. The van der Waals surface area contributed by atoms with E-state index in [9.17, 15) is 14.4 Å². The third-order valence-corrected chi connectivity index (χ3v) is 4.92. The number of carbonyl (C=O) groups excluding carboxylic acids is 1. The summed E-state index contributed by atoms with van der Waals surface area (Å²) in [6, 6.07) is 10.0. The zero-order valence-electron chi connectivity index (χ0n) is 13.1. The number of halogens is 2. The van der Waals surface area contributed by atoms with Crippen LogP contribution in [0.15, 0.2) is 54.9 Å². The standard InChI is InChI=1S/C17H13Br2N3O3/c1-2-22-16(24)11-5-3-9(7-13(11)21-17(22)25)15(23)20-14-8-10(18)4-6-12(14)19/h3-8H,2H2,1H3,(H,20,23)(H,21,25). The molecule has 0 saturated carbocycles. The minimum atomic E-state index is -0.493. The zero-order chi connectivity index (χ0) is 18.1. The van der Waals surface area contributed by atoms with E-state index in [0.29, 0.717) is 22.2 Å². The number of aromatic amines is 1. The maximum Gasteiger partial charge on any atom is 0.328 e. The Balaban J connectivity index is 2.02. The molecule has 0 saturated heterocycles. The molecule has 2 aromatic carbocycles. The van der Waals surface area contributed by atoms with Gasteiger partial charge in [0.2, 0.25) is 0 Å². The lowest BCUT2D eigenvalue weighted by Crippen LogP contribution is -2.34. The maximum atomic E-state index is 12.5. The molecule has 128 valence electrons. The minimum Gasteiger partial charge on any atom is -0.321 e. The summed E-state index contributed by atoms with van der Waals surface area (Å²) in [5, 5.41) is 3.16. The van der Waals surface area contributed by atoms with Crippen LogP contribution in [0, 0.1) is 0 Å². The Hall–Kier alpha value is -2.19. The number of benzene rings is 2. The zero-order valence-corrected chi connectivity index (χ0v) is 16.3. The van der Waals surface area contributed by atoms with Crippen LogP contribution in [0.1, 0.15) is 17.3 Å². The number of amides is 1. The van der Waals surface area contributed by atoms with E-state index in [4.69, 9.17) is 0 Å². The third kappa shape index (κ3) is 3.45. The number of carbonyl (C=O) groups is 1. The van der Waals surface area contributed by atoms with Crippen molar-refractivity contribution in [2.75, 3.05) is 5.32 Å². The fourth-order valence-electron chi connectivity index (χ4n) is 2.47. The molecular formula is C17H13Br2N3O3. The van der Waals surface area contributed by atoms with E-state index in [1.165, 1.54) is 6.07 Å². The van der Waals surface area contributed by atoms with Crippen molar-refractivity contribution in [2.24, 2.45) is 0 Å². The number of H-pyrrole nitrogens is 1. The van der Waals surface area contributed by atoms with Crippen LogP contribution in [0.4, 0.5) is 5.69 Å². The van der Waals surface area contributed by atoms with Gasteiger partial charge in [-0.05, 0) is 59.3 Å². The van der Waals surface area contributed by atoms with Crippen LogP contribution in [0.2, 0.25) is 0 Å². The van der Waals surface area contributed by atoms with Crippen LogP contribution < -0.4 is 16.6 Å². The molecule has 0 fully saturated rings. The number of hydrogen-bond donors (Lipinski definition) is 2. The fourth-order valence-corrected chi connectivity index (χ4v) is 3.18. The average molecular weight is 467 g/mol. The van der Waals surface area contributed by atoms with Crippen molar-refractivity contribution >= 4 is 54.4 Å². The van der Waals surface area contributed by atoms with Crippen molar-refractivity contribution in [1.82, 2.24) is 9.55 Å². The molecule has 0 atom stereocenters. The maximum absolute atomic E-state index is 12.5. The number of rotatable bonds is 3. The monoisotopic (exact) mass is 465 g/mol. The van der Waals surface area contributed by atoms with E-state index >= 15 is 0 Å². The Morgan fingerprint density at radius 1 is 1.16 bits per heavy atom. The van der Waals surface area contributed by atoms with Crippen molar-refractivity contribution in [3.63, 3.8) is 0 Å². The Morgan fingerprint density at radius 2 is 1.92 bits per heavy atom. The van der Waals surface area contributed by atoms with Crippen LogP contribution in [0.3, 0.4) is 0 Å². The first kappa shape index (κ1) is 17.6. The van der Waals surface area contributed by atoms with Crippen LogP contribution >= 0.6 is 31.9 Å². The fraction of sp³-hybridized carbons (Fsp3) is 0.118. The summed E-state index contributed by atoms with van der Waals surface area (Å²) in [5.74, 6) is -0.346. The Morgan fingerprint density at radius 3 is 2.64 bits per heavy atom. The van der Waals surface area contributed by atoms with Gasteiger partial charge in [-0.1, -0.05) is 15.9 Å². The van der Waals surface area contributed by atoms with Crippen LogP contribution in [-0.4, -0.2) is 15.5 Å². The second-order valence-corrected chi connectivity index (χ2v) is 7.09. The molecule has 0 bridgehead atoms. The summed E-state index contributed by atoms with van der Waals surface area (Å²) in [5.41, 5.74) is 0.411. The quantitative estimate of drug-likeness (QED) is 0.619. The summed E-state index contributed by atoms with van der Waals surface area (Å²) in [6.45, 7) is 2.00. The summed E-state index contributed by atoms with van der Waals surface area (Å²) >= 11 is 6.73. The highest BCUT2D eigenvalue weighted by Crippen LogP contribution is 2.26. The summed E-state index contributed by atoms with van der Waals surface area (Å²) < 4.78 is 2.68. The number of fused-ring (bicyclic) bond motifs is 1. The molecule has 0 aliphatic heterocycles. The van der Waals surface area contributed by atoms with Gasteiger partial charge in [0, 0.05) is 21.1 Å². The first-order chi connectivity index (χ1) is 11.9. The topological polar surface area (TPSA) is 84.0 Å². The Labute approximate surface area is 159 Å². The van der Waals surface area contributed by atoms with Gasteiger partial charge >= 0.3 is 5.69 Å². The van der Waals surface area contributed by atoms with E-state index in [1.807, 2.05) is 12.1 Å². The number of aromatic nitrogens is 2. The molecule has 25 heavy (non-hydrogen) atoms. The van der Waals surface area contributed by atoms with Crippen molar-refractivity contribution in [3.8, 4) is 0 Å². The van der Waals surface area contributed by atoms with Gasteiger partial charge in [0.15, 0.2) is 0 Å². The largest absolute Gasteiger partial charge is 0.328 e. The van der Waals surface area contributed by atoms with Crippen LogP contribution in [0.5, 0.6) is 0 Å². The van der Waals surface area contributed by atoms with Gasteiger partial charge in [-0.15, -0.1) is 0 Å². The molecule has 6 nitrogen and oxygen atoms in total. The van der Waals surface area contributed by atoms with E-state index in [0.717, 1.165) is 13.5 Å². The van der Waals surface area contributed by atoms with Crippen LogP contribution in [0.25, 0.3) is 10.9 Å². The van der Waals surface area contributed by atoms with Crippen molar-refractivity contribution in [1.29, 1.82) is 0 Å². The van der Waals surface area contributed by atoms with Gasteiger partial charge in [-0.2, -0.15) is 0 Å². The van der Waals surface area contributed by atoms with E-state index < -0.39 is 5.69 Å². The predicted octanol–water partition coefficient (Wildman–Crippen LogP) is 3.49. The normalized spacial score (nSPS) is 10.8. The van der Waals surface area contributed by atoms with E-state index in [2.05, 4.69) is 42.2 Å². The highest BCUT2D eigenvalue weighted by atomic mass is 79.9. The van der Waals surface area contributed by atoms with Gasteiger partial charge in [0.05, 0.1) is 16.6 Å². The van der Waals surface area contributed by atoms with E-state index in [-0.39, 0.29) is 18.0 Å². The molecular weight excluding hydrogens is 454 g/mol. The SMILES string of the molecule is CCn1c(=O)[nH]c2cc(C(=O)Nc3cc(Br)ccc3Br)ccc2c1=O. The van der Waals surface area contributed by atoms with Gasteiger partial charge in [0.1, 0.15) is 0 Å². The second kappa shape index (κ2) is 6.97. The third-order valence-electron chi connectivity index (χ3n) is 3.74. The lowest BCUT2D eigenvalue weighted by atomic mass is 10.1. The molecule has 0 unspecified atom stereocenters. The molecule has 3 aromatic rings. The van der Waals surface area contributed by atoms with Crippen molar-refractivity contribution < 1.29 is 4.79 Å². The van der Waals surface area contributed by atoms with Gasteiger partial charge in [-0.3, -0.25) is 14.2 Å². The van der Waals surface area contributed by atoms with E-state index in [1.54, 1.807) is 25.1 Å². The lowest BCUT2D eigenvalue weighted by molar-refractivity contribution is 0.102. The average Bonchev–Trinajstić information content (AvgIpc) is 2.58. The lowest BCUT2D eigenvalue weighted by Gasteiger charge is -2.09. The highest BCUT2D eigenvalue weighted by Gasteiger charge is 2.12. The molecule has 2 N–H and O–H groups in total. The molecule has 0 radical (unpaired) electrons. The summed E-state index contributed by atoms with van der Waals surface area (Å²) in [4.78, 5) is 39.3. The predicted molar refractivity (Wildman–Crippen MR) is 104 cm³/mol. The van der Waals surface area contributed by atoms with Gasteiger partial charge in [0.25, 0.3) is 11.5 Å². The molecule has 1 aromatic heterocycles. The highest BCUT2D eigenvalue weighted by molar-refractivity contribution is 9.11. The number of hydrogen-bond acceptors (Lipinski definition) is 3. The molecule has 0 spiro atoms. The minimum absolute atomic E-state index is 0.281. The molecule has 0 aliphatic carbocycles. The molecule has 1 amide bonds. The van der Waals surface area contributed by atoms with Gasteiger partial charge < -0.3 is 10.3 Å². The number of anilines is 1. The Bertz CT molecular complexity index is 1100.